The maximum Gasteiger partial charge on any atom is 0.326 e. The van der Waals surface area contributed by atoms with Gasteiger partial charge >= 0.3 is 23.9 Å². The van der Waals surface area contributed by atoms with E-state index in [0.29, 0.717) is 0 Å². The van der Waals surface area contributed by atoms with Crippen molar-refractivity contribution in [3.05, 3.63) is 0 Å². The van der Waals surface area contributed by atoms with Gasteiger partial charge in [0.1, 0.15) is 12.1 Å². The summed E-state index contributed by atoms with van der Waals surface area (Å²) in [6, 6.07) is -2.82. The Bertz CT molecular complexity index is 515. The van der Waals surface area contributed by atoms with Crippen molar-refractivity contribution in [1.29, 1.82) is 0 Å². The molecule has 0 fully saturated rings. The van der Waals surface area contributed by atoms with Crippen LogP contribution in [0.3, 0.4) is 0 Å². The molecule has 0 aromatic carbocycles. The third-order valence-corrected chi connectivity index (χ3v) is 3.20. The predicted molar refractivity (Wildman–Crippen MR) is 71.0 cm³/mol. The van der Waals surface area contributed by atoms with Gasteiger partial charge in [-0.1, -0.05) is 0 Å². The molecule has 0 amide bonds. The second-order valence-electron chi connectivity index (χ2n) is 4.71. The Kier molecular flexibility index (Phi) is 5.99. The molecule has 4 N–H and O–H groups in total. The van der Waals surface area contributed by atoms with Crippen molar-refractivity contribution in [2.75, 3.05) is 13.1 Å². The van der Waals surface area contributed by atoms with Crippen molar-refractivity contribution < 1.29 is 39.6 Å². The molecule has 22 heavy (non-hydrogen) atoms. The highest BCUT2D eigenvalue weighted by molar-refractivity contribution is 6.12. The lowest BCUT2D eigenvalue weighted by molar-refractivity contribution is -0.149. The van der Waals surface area contributed by atoms with Gasteiger partial charge in [0, 0.05) is 13.0 Å². The highest BCUT2D eigenvalue weighted by Gasteiger charge is 2.40. The van der Waals surface area contributed by atoms with Gasteiger partial charge in [-0.3, -0.25) is 29.1 Å². The van der Waals surface area contributed by atoms with Gasteiger partial charge in [0.05, 0.1) is 18.7 Å². The van der Waals surface area contributed by atoms with Crippen LogP contribution in [0.25, 0.3) is 0 Å². The molecule has 0 bridgehead atoms. The molecule has 0 spiro atoms. The van der Waals surface area contributed by atoms with Crippen molar-refractivity contribution in [2.45, 2.75) is 31.3 Å². The van der Waals surface area contributed by atoms with Crippen LogP contribution in [0.4, 0.5) is 0 Å². The van der Waals surface area contributed by atoms with Crippen molar-refractivity contribution >= 4 is 29.6 Å². The minimum absolute atomic E-state index is 0.00330. The monoisotopic (exact) mass is 316 g/mol. The van der Waals surface area contributed by atoms with E-state index < -0.39 is 48.8 Å². The van der Waals surface area contributed by atoms with Crippen molar-refractivity contribution in [3.63, 3.8) is 0 Å². The van der Waals surface area contributed by atoms with Gasteiger partial charge in [0.2, 0.25) is 0 Å². The molecule has 1 rings (SSSR count). The Morgan fingerprint density at radius 2 is 1.77 bits per heavy atom. The largest absolute Gasteiger partial charge is 0.481 e. The van der Waals surface area contributed by atoms with Crippen LogP contribution < -0.4 is 0 Å². The molecule has 2 atom stereocenters. The molecular weight excluding hydrogens is 300 g/mol. The Hall–Kier alpha value is -2.49. The predicted octanol–water partition coefficient (Wildman–Crippen LogP) is -1.01. The minimum Gasteiger partial charge on any atom is -0.481 e. The van der Waals surface area contributed by atoms with Crippen molar-refractivity contribution in [1.82, 2.24) is 4.90 Å². The Labute approximate surface area is 124 Å². The third kappa shape index (κ3) is 4.52. The standard InChI is InChI=1S/C12H16N2O8/c15-8(16)2-1-7(11(19)20)14-4-3-13-6(5-9(17)18)10(14)12(21)22/h7,10H,1-5H2,(H,15,16)(H,17,18)(H,19,20)(H,21,22). The molecule has 10 nitrogen and oxygen atoms in total. The first kappa shape index (κ1) is 17.6. The maximum absolute atomic E-state index is 11.4. The summed E-state index contributed by atoms with van der Waals surface area (Å²) in [6.45, 7) is 0.0555. The smallest absolute Gasteiger partial charge is 0.326 e. The van der Waals surface area contributed by atoms with Crippen LogP contribution in [-0.4, -0.2) is 80.1 Å². The normalized spacial score (nSPS) is 20.0. The Balaban J connectivity index is 3.04. The number of carbonyl (C=O) groups is 4. The molecule has 1 aliphatic heterocycles. The number of carboxylic acids is 4. The molecule has 0 radical (unpaired) electrons. The molecule has 0 aromatic heterocycles. The quantitative estimate of drug-likeness (QED) is 0.439. The zero-order valence-electron chi connectivity index (χ0n) is 11.5. The van der Waals surface area contributed by atoms with Crippen molar-refractivity contribution in [3.8, 4) is 0 Å². The van der Waals surface area contributed by atoms with Crippen LogP contribution in [-0.2, 0) is 19.2 Å². The van der Waals surface area contributed by atoms with Crippen LogP contribution in [0.5, 0.6) is 0 Å². The lowest BCUT2D eigenvalue weighted by Crippen LogP contribution is -2.57. The van der Waals surface area contributed by atoms with Gasteiger partial charge in [-0.15, -0.1) is 0 Å². The van der Waals surface area contributed by atoms with E-state index in [1.165, 1.54) is 0 Å². The first-order valence-corrected chi connectivity index (χ1v) is 6.42. The average molecular weight is 316 g/mol. The van der Waals surface area contributed by atoms with Gasteiger partial charge in [0.25, 0.3) is 0 Å². The summed E-state index contributed by atoms with van der Waals surface area (Å²) in [4.78, 5) is 49.0. The highest BCUT2D eigenvalue weighted by Crippen LogP contribution is 2.18. The van der Waals surface area contributed by atoms with Crippen LogP contribution in [0.1, 0.15) is 19.3 Å². The lowest BCUT2D eigenvalue weighted by Gasteiger charge is -2.36. The fourth-order valence-electron chi connectivity index (χ4n) is 2.34. The van der Waals surface area contributed by atoms with Crippen LogP contribution >= 0.6 is 0 Å². The first-order valence-electron chi connectivity index (χ1n) is 6.42. The molecule has 10 heteroatoms. The van der Waals surface area contributed by atoms with Gasteiger partial charge in [-0.05, 0) is 6.42 Å². The van der Waals surface area contributed by atoms with Crippen LogP contribution in [0.2, 0.25) is 0 Å². The number of nitrogens with zero attached hydrogens (tertiary/aromatic N) is 2. The molecule has 0 saturated carbocycles. The first-order chi connectivity index (χ1) is 10.2. The summed E-state index contributed by atoms with van der Waals surface area (Å²) in [5, 5.41) is 35.9. The van der Waals surface area contributed by atoms with Gasteiger partial charge < -0.3 is 20.4 Å². The maximum atomic E-state index is 11.4. The Morgan fingerprint density at radius 1 is 1.14 bits per heavy atom. The summed E-state index contributed by atoms with van der Waals surface area (Å²) in [7, 11) is 0. The van der Waals surface area contributed by atoms with Crippen LogP contribution in [0, 0.1) is 0 Å². The molecule has 2 unspecified atom stereocenters. The van der Waals surface area contributed by atoms with E-state index in [0.717, 1.165) is 4.90 Å². The summed E-state index contributed by atoms with van der Waals surface area (Å²) in [5.74, 6) is -5.25. The number of rotatable bonds is 8. The number of aliphatic imine (C=N–C) groups is 1. The summed E-state index contributed by atoms with van der Waals surface area (Å²) in [6.07, 6.45) is -1.33. The molecule has 122 valence electrons. The van der Waals surface area contributed by atoms with E-state index >= 15 is 0 Å². The molecule has 1 heterocycles. The number of hydrogen-bond donors (Lipinski definition) is 4. The number of aliphatic carboxylic acids is 4. The van der Waals surface area contributed by atoms with Gasteiger partial charge in [-0.25, -0.2) is 0 Å². The van der Waals surface area contributed by atoms with E-state index in [1.54, 1.807) is 0 Å². The summed E-state index contributed by atoms with van der Waals surface area (Å²) < 4.78 is 0. The highest BCUT2D eigenvalue weighted by atomic mass is 16.4. The van der Waals surface area contributed by atoms with Gasteiger partial charge in [0.15, 0.2) is 0 Å². The van der Waals surface area contributed by atoms with E-state index in [-0.39, 0.29) is 25.2 Å². The zero-order valence-corrected chi connectivity index (χ0v) is 11.5. The number of hydrogen-bond acceptors (Lipinski definition) is 6. The average Bonchev–Trinajstić information content (AvgIpc) is 2.37. The van der Waals surface area contributed by atoms with E-state index in [2.05, 4.69) is 4.99 Å². The fraction of sp³-hybridized carbons (Fsp3) is 0.583. The topological polar surface area (TPSA) is 165 Å². The van der Waals surface area contributed by atoms with E-state index in [4.69, 9.17) is 10.2 Å². The molecule has 0 aromatic rings. The second kappa shape index (κ2) is 7.50. The summed E-state index contributed by atoms with van der Waals surface area (Å²) in [5.41, 5.74) is -0.146. The molecule has 1 aliphatic rings. The van der Waals surface area contributed by atoms with E-state index in [1.807, 2.05) is 0 Å². The van der Waals surface area contributed by atoms with Crippen LogP contribution in [0.15, 0.2) is 4.99 Å². The lowest BCUT2D eigenvalue weighted by atomic mass is 10.00. The van der Waals surface area contributed by atoms with Gasteiger partial charge in [-0.2, -0.15) is 0 Å². The van der Waals surface area contributed by atoms with E-state index in [9.17, 15) is 29.4 Å². The molecule has 0 aliphatic carbocycles. The third-order valence-electron chi connectivity index (χ3n) is 3.20. The summed E-state index contributed by atoms with van der Waals surface area (Å²) >= 11 is 0. The SMILES string of the molecule is O=C(O)CCC(C(=O)O)N1CCN=C(CC(=O)O)C1C(=O)O. The fourth-order valence-corrected chi connectivity index (χ4v) is 2.34. The zero-order chi connectivity index (χ0) is 16.9. The minimum atomic E-state index is -1.49. The number of carboxylic acid groups (broad SMARTS) is 4. The van der Waals surface area contributed by atoms with Crippen molar-refractivity contribution in [2.24, 2.45) is 4.99 Å². The molecule has 0 saturated heterocycles. The Morgan fingerprint density at radius 3 is 2.23 bits per heavy atom. The second-order valence-corrected chi connectivity index (χ2v) is 4.71. The molecular formula is C12H16N2O8.